The highest BCUT2D eigenvalue weighted by molar-refractivity contribution is 5.56. The molecule has 108 valence electrons. The van der Waals surface area contributed by atoms with Crippen molar-refractivity contribution in [2.45, 2.75) is 39.2 Å². The first-order valence-electron chi connectivity index (χ1n) is 6.85. The van der Waals surface area contributed by atoms with E-state index in [4.69, 9.17) is 10.8 Å². The van der Waals surface area contributed by atoms with Crippen molar-refractivity contribution in [1.29, 1.82) is 0 Å². The van der Waals surface area contributed by atoms with Crippen LogP contribution in [0.5, 0.6) is 0 Å². The van der Waals surface area contributed by atoms with Gasteiger partial charge in [0.15, 0.2) is 0 Å². The summed E-state index contributed by atoms with van der Waals surface area (Å²) in [4.78, 5) is 2.11. The molecule has 1 rings (SSSR count). The van der Waals surface area contributed by atoms with Crippen molar-refractivity contribution in [3.8, 4) is 0 Å². The van der Waals surface area contributed by atoms with Crippen LogP contribution in [0.4, 0.5) is 10.1 Å². The van der Waals surface area contributed by atoms with E-state index in [1.807, 2.05) is 20.0 Å². The minimum Gasteiger partial charge on any atom is -0.396 e. The van der Waals surface area contributed by atoms with Gasteiger partial charge >= 0.3 is 0 Å². The number of rotatable bonds is 7. The van der Waals surface area contributed by atoms with Gasteiger partial charge in [-0.1, -0.05) is 0 Å². The number of aliphatic hydroxyl groups excluding tert-OH is 1. The SMILES string of the molecule is Cc1cc(N(C)CCCCCO)c([C@H](C)N)cc1F. The maximum atomic E-state index is 13.6. The van der Waals surface area contributed by atoms with Gasteiger partial charge in [0, 0.05) is 31.9 Å². The molecule has 0 aromatic heterocycles. The average molecular weight is 268 g/mol. The van der Waals surface area contributed by atoms with E-state index in [9.17, 15) is 4.39 Å². The zero-order valence-corrected chi connectivity index (χ0v) is 12.1. The van der Waals surface area contributed by atoms with Crippen molar-refractivity contribution >= 4 is 5.69 Å². The lowest BCUT2D eigenvalue weighted by molar-refractivity contribution is 0.283. The van der Waals surface area contributed by atoms with Gasteiger partial charge in [-0.2, -0.15) is 0 Å². The molecule has 1 atom stereocenters. The predicted octanol–water partition coefficient (Wildman–Crippen LogP) is 2.75. The van der Waals surface area contributed by atoms with Crippen LogP contribution in [0.1, 0.15) is 43.4 Å². The summed E-state index contributed by atoms with van der Waals surface area (Å²) in [7, 11) is 2.00. The number of hydrogen-bond acceptors (Lipinski definition) is 3. The fourth-order valence-electron chi connectivity index (χ4n) is 2.13. The van der Waals surface area contributed by atoms with Crippen LogP contribution in [-0.2, 0) is 0 Å². The lowest BCUT2D eigenvalue weighted by atomic mass is 10.0. The number of aryl methyl sites for hydroxylation is 1. The maximum Gasteiger partial charge on any atom is 0.126 e. The molecule has 0 saturated carbocycles. The van der Waals surface area contributed by atoms with E-state index in [0.717, 1.165) is 37.1 Å². The molecule has 0 amide bonds. The van der Waals surface area contributed by atoms with Crippen LogP contribution in [0.25, 0.3) is 0 Å². The Morgan fingerprint density at radius 1 is 1.32 bits per heavy atom. The molecular formula is C15H25FN2O. The second kappa shape index (κ2) is 7.46. The van der Waals surface area contributed by atoms with E-state index in [0.29, 0.717) is 5.56 Å². The first-order valence-corrected chi connectivity index (χ1v) is 6.85. The molecule has 0 unspecified atom stereocenters. The van der Waals surface area contributed by atoms with Crippen molar-refractivity contribution in [1.82, 2.24) is 0 Å². The Kier molecular flexibility index (Phi) is 6.25. The Hall–Kier alpha value is -1.13. The van der Waals surface area contributed by atoms with E-state index in [2.05, 4.69) is 4.90 Å². The molecule has 19 heavy (non-hydrogen) atoms. The van der Waals surface area contributed by atoms with E-state index in [1.54, 1.807) is 13.0 Å². The number of benzene rings is 1. The van der Waals surface area contributed by atoms with Crippen LogP contribution in [0, 0.1) is 12.7 Å². The number of unbranched alkanes of at least 4 members (excludes halogenated alkanes) is 2. The van der Waals surface area contributed by atoms with Crippen molar-refractivity contribution < 1.29 is 9.50 Å². The van der Waals surface area contributed by atoms with E-state index in [-0.39, 0.29) is 18.5 Å². The van der Waals surface area contributed by atoms with Crippen molar-refractivity contribution in [3.63, 3.8) is 0 Å². The second-order valence-corrected chi connectivity index (χ2v) is 5.15. The molecule has 3 N–H and O–H groups in total. The summed E-state index contributed by atoms with van der Waals surface area (Å²) in [5, 5.41) is 8.76. The van der Waals surface area contributed by atoms with Gasteiger partial charge in [-0.05, 0) is 56.4 Å². The number of nitrogens with zero attached hydrogens (tertiary/aromatic N) is 1. The first kappa shape index (κ1) is 15.9. The molecule has 3 nitrogen and oxygen atoms in total. The third-order valence-electron chi connectivity index (χ3n) is 3.36. The summed E-state index contributed by atoms with van der Waals surface area (Å²) in [5.41, 5.74) is 8.40. The largest absolute Gasteiger partial charge is 0.396 e. The lowest BCUT2D eigenvalue weighted by Crippen LogP contribution is -2.22. The molecule has 0 saturated heterocycles. The number of nitrogens with two attached hydrogens (primary N) is 1. The third kappa shape index (κ3) is 4.48. The molecule has 1 aromatic carbocycles. The highest BCUT2D eigenvalue weighted by atomic mass is 19.1. The molecule has 0 aliphatic heterocycles. The van der Waals surface area contributed by atoms with Gasteiger partial charge < -0.3 is 15.7 Å². The van der Waals surface area contributed by atoms with Crippen LogP contribution < -0.4 is 10.6 Å². The normalized spacial score (nSPS) is 12.5. The van der Waals surface area contributed by atoms with Gasteiger partial charge in [-0.25, -0.2) is 4.39 Å². The highest BCUT2D eigenvalue weighted by Gasteiger charge is 2.13. The van der Waals surface area contributed by atoms with Gasteiger partial charge in [-0.15, -0.1) is 0 Å². The molecule has 0 aliphatic rings. The second-order valence-electron chi connectivity index (χ2n) is 5.15. The van der Waals surface area contributed by atoms with Crippen LogP contribution in [-0.4, -0.2) is 25.3 Å². The van der Waals surface area contributed by atoms with E-state index in [1.165, 1.54) is 0 Å². The molecule has 4 heteroatoms. The highest BCUT2D eigenvalue weighted by Crippen LogP contribution is 2.27. The van der Waals surface area contributed by atoms with Gasteiger partial charge in [0.05, 0.1) is 0 Å². The summed E-state index contributed by atoms with van der Waals surface area (Å²) in [6.45, 7) is 4.76. The minimum absolute atomic E-state index is 0.190. The molecule has 0 radical (unpaired) electrons. The van der Waals surface area contributed by atoms with Gasteiger partial charge in [-0.3, -0.25) is 0 Å². The van der Waals surface area contributed by atoms with E-state index >= 15 is 0 Å². The van der Waals surface area contributed by atoms with Crippen LogP contribution in [0.3, 0.4) is 0 Å². The Balaban J connectivity index is 2.82. The summed E-state index contributed by atoms with van der Waals surface area (Å²) < 4.78 is 13.6. The molecule has 0 aliphatic carbocycles. The molecule has 0 heterocycles. The third-order valence-corrected chi connectivity index (χ3v) is 3.36. The molecule has 0 fully saturated rings. The molecule has 0 spiro atoms. The average Bonchev–Trinajstić information content (AvgIpc) is 2.36. The zero-order valence-electron chi connectivity index (χ0n) is 12.1. The monoisotopic (exact) mass is 268 g/mol. The van der Waals surface area contributed by atoms with Crippen molar-refractivity contribution in [3.05, 3.63) is 29.1 Å². The minimum atomic E-state index is -0.204. The Morgan fingerprint density at radius 3 is 2.58 bits per heavy atom. The number of anilines is 1. The van der Waals surface area contributed by atoms with Crippen LogP contribution in [0.2, 0.25) is 0 Å². The lowest BCUT2D eigenvalue weighted by Gasteiger charge is -2.25. The summed E-state index contributed by atoms with van der Waals surface area (Å²) in [6, 6.07) is 3.21. The van der Waals surface area contributed by atoms with Gasteiger partial charge in [0.25, 0.3) is 0 Å². The number of aliphatic hydroxyl groups is 1. The zero-order chi connectivity index (χ0) is 14.4. The van der Waals surface area contributed by atoms with E-state index < -0.39 is 0 Å². The topological polar surface area (TPSA) is 49.5 Å². The summed E-state index contributed by atoms with van der Waals surface area (Å²) in [6.07, 6.45) is 2.83. The summed E-state index contributed by atoms with van der Waals surface area (Å²) in [5.74, 6) is -0.204. The fraction of sp³-hybridized carbons (Fsp3) is 0.600. The number of hydrogen-bond donors (Lipinski definition) is 2. The van der Waals surface area contributed by atoms with Gasteiger partial charge in [0.1, 0.15) is 5.82 Å². The fourth-order valence-corrected chi connectivity index (χ4v) is 2.13. The Morgan fingerprint density at radius 2 is 2.00 bits per heavy atom. The van der Waals surface area contributed by atoms with Crippen LogP contribution in [0.15, 0.2) is 12.1 Å². The molecule has 0 bridgehead atoms. The first-order chi connectivity index (χ1) is 8.97. The Labute approximate surface area is 115 Å². The standard InChI is InChI=1S/C15H25FN2O/c1-11-9-15(13(12(2)17)10-14(11)16)18(3)7-5-4-6-8-19/h9-10,12,19H,4-8,17H2,1-3H3/t12-/m0/s1. The predicted molar refractivity (Wildman–Crippen MR) is 77.9 cm³/mol. The van der Waals surface area contributed by atoms with Crippen LogP contribution >= 0.6 is 0 Å². The molecular weight excluding hydrogens is 243 g/mol. The Bertz CT molecular complexity index is 407. The summed E-state index contributed by atoms with van der Waals surface area (Å²) >= 11 is 0. The smallest absolute Gasteiger partial charge is 0.126 e. The van der Waals surface area contributed by atoms with Crippen molar-refractivity contribution in [2.75, 3.05) is 25.1 Å². The molecule has 1 aromatic rings. The van der Waals surface area contributed by atoms with Crippen molar-refractivity contribution in [2.24, 2.45) is 5.73 Å². The maximum absolute atomic E-state index is 13.6. The quantitative estimate of drug-likeness (QED) is 0.748. The number of halogens is 1. The van der Waals surface area contributed by atoms with Gasteiger partial charge in [0.2, 0.25) is 0 Å².